The van der Waals surface area contributed by atoms with Crippen LogP contribution in [0.15, 0.2) is 82.0 Å². The number of benzene rings is 3. The Balaban J connectivity index is 1.62. The van der Waals surface area contributed by atoms with E-state index in [2.05, 4.69) is 0 Å². The molecule has 4 aromatic rings. The van der Waals surface area contributed by atoms with Crippen LogP contribution in [0.3, 0.4) is 0 Å². The van der Waals surface area contributed by atoms with Crippen LogP contribution < -0.4 is 14.9 Å². The van der Waals surface area contributed by atoms with Crippen LogP contribution in [0, 0.1) is 5.82 Å². The lowest BCUT2D eigenvalue weighted by Gasteiger charge is -2.09. The monoisotopic (exact) mass is 376 g/mol. The van der Waals surface area contributed by atoms with E-state index in [1.165, 1.54) is 12.1 Å². The predicted molar refractivity (Wildman–Crippen MR) is 105 cm³/mol. The fourth-order valence-electron chi connectivity index (χ4n) is 2.90. The van der Waals surface area contributed by atoms with Gasteiger partial charge < -0.3 is 13.9 Å². The van der Waals surface area contributed by atoms with Gasteiger partial charge in [-0.3, -0.25) is 4.79 Å². The van der Waals surface area contributed by atoms with Crippen LogP contribution in [0.4, 0.5) is 4.39 Å². The Kier molecular flexibility index (Phi) is 4.81. The highest BCUT2D eigenvalue weighted by molar-refractivity contribution is 5.80. The summed E-state index contributed by atoms with van der Waals surface area (Å²) in [5, 5.41) is 0.406. The summed E-state index contributed by atoms with van der Waals surface area (Å²) in [4.78, 5) is 12.6. The van der Waals surface area contributed by atoms with Gasteiger partial charge in [-0.15, -0.1) is 0 Å². The van der Waals surface area contributed by atoms with Crippen molar-refractivity contribution in [1.82, 2.24) is 0 Å². The van der Waals surface area contributed by atoms with Gasteiger partial charge in [0.2, 0.25) is 0 Å². The molecule has 0 saturated heterocycles. The molecule has 5 heteroatoms. The molecule has 0 fully saturated rings. The third-order valence-electron chi connectivity index (χ3n) is 4.43. The van der Waals surface area contributed by atoms with Gasteiger partial charge in [-0.25, -0.2) is 4.39 Å². The van der Waals surface area contributed by atoms with E-state index in [1.807, 2.05) is 12.1 Å². The zero-order chi connectivity index (χ0) is 19.5. The van der Waals surface area contributed by atoms with Crippen molar-refractivity contribution in [1.29, 1.82) is 0 Å². The lowest BCUT2D eigenvalue weighted by atomic mass is 10.1. The quantitative estimate of drug-likeness (QED) is 0.481. The van der Waals surface area contributed by atoms with Gasteiger partial charge in [0, 0.05) is 17.2 Å². The summed E-state index contributed by atoms with van der Waals surface area (Å²) in [6.45, 7) is 0.0768. The number of rotatable bonds is 5. The van der Waals surface area contributed by atoms with Crippen LogP contribution in [0.25, 0.3) is 22.3 Å². The molecule has 0 aliphatic heterocycles. The zero-order valence-corrected chi connectivity index (χ0v) is 15.1. The van der Waals surface area contributed by atoms with Gasteiger partial charge in [0.25, 0.3) is 0 Å². The van der Waals surface area contributed by atoms with E-state index < -0.39 is 0 Å². The molecule has 0 bridgehead atoms. The van der Waals surface area contributed by atoms with Crippen molar-refractivity contribution in [3.05, 3.63) is 94.4 Å². The summed E-state index contributed by atoms with van der Waals surface area (Å²) >= 11 is 0. The summed E-state index contributed by atoms with van der Waals surface area (Å²) in [5.41, 5.74) is 1.50. The molecule has 0 radical (unpaired) electrons. The molecule has 0 unspecified atom stereocenters. The molecule has 1 heterocycles. The molecule has 0 atom stereocenters. The Bertz CT molecular complexity index is 1180. The summed E-state index contributed by atoms with van der Waals surface area (Å²) < 4.78 is 30.4. The summed E-state index contributed by atoms with van der Waals surface area (Å²) in [6, 6.07) is 20.1. The smallest absolute Gasteiger partial charge is 0.193 e. The number of methoxy groups -OCH3 is 1. The molecule has 4 rings (SSSR count). The van der Waals surface area contributed by atoms with Crippen molar-refractivity contribution in [2.24, 2.45) is 0 Å². The van der Waals surface area contributed by atoms with Crippen molar-refractivity contribution >= 4 is 11.0 Å². The molecule has 0 aliphatic carbocycles. The minimum atomic E-state index is -0.327. The Morgan fingerprint density at radius 3 is 2.43 bits per heavy atom. The first-order valence-electron chi connectivity index (χ1n) is 8.72. The van der Waals surface area contributed by atoms with Crippen LogP contribution in [-0.2, 0) is 6.61 Å². The highest BCUT2D eigenvalue weighted by Gasteiger charge is 2.09. The first kappa shape index (κ1) is 17.8. The Morgan fingerprint density at radius 1 is 0.929 bits per heavy atom. The van der Waals surface area contributed by atoms with Crippen LogP contribution in [0.2, 0.25) is 0 Å². The highest BCUT2D eigenvalue weighted by atomic mass is 19.1. The SMILES string of the molecule is COc1ccc(-c2cc(=O)c3cc(OCc4ccccc4F)ccc3o2)cc1. The fourth-order valence-corrected chi connectivity index (χ4v) is 2.90. The second-order valence-corrected chi connectivity index (χ2v) is 6.24. The van der Waals surface area contributed by atoms with E-state index in [-0.39, 0.29) is 17.9 Å². The second-order valence-electron chi connectivity index (χ2n) is 6.24. The third-order valence-corrected chi connectivity index (χ3v) is 4.43. The third kappa shape index (κ3) is 3.60. The number of halogens is 1. The number of ether oxygens (including phenoxy) is 2. The van der Waals surface area contributed by atoms with Gasteiger partial charge in [0.1, 0.15) is 35.3 Å². The summed E-state index contributed by atoms with van der Waals surface area (Å²) in [7, 11) is 1.59. The lowest BCUT2D eigenvalue weighted by molar-refractivity contribution is 0.300. The Hall–Kier alpha value is -3.60. The molecule has 0 aliphatic rings. The maximum atomic E-state index is 13.7. The van der Waals surface area contributed by atoms with Gasteiger partial charge in [-0.2, -0.15) is 0 Å². The number of hydrogen-bond acceptors (Lipinski definition) is 4. The molecule has 3 aromatic carbocycles. The number of hydrogen-bond donors (Lipinski definition) is 0. The van der Waals surface area contributed by atoms with Crippen molar-refractivity contribution in [3.63, 3.8) is 0 Å². The number of fused-ring (bicyclic) bond motifs is 1. The molecular weight excluding hydrogens is 359 g/mol. The van der Waals surface area contributed by atoms with Crippen molar-refractivity contribution in [2.45, 2.75) is 6.61 Å². The zero-order valence-electron chi connectivity index (χ0n) is 15.1. The van der Waals surface area contributed by atoms with Gasteiger partial charge in [-0.1, -0.05) is 18.2 Å². The molecule has 0 saturated carbocycles. The first-order valence-corrected chi connectivity index (χ1v) is 8.72. The lowest BCUT2D eigenvalue weighted by Crippen LogP contribution is -2.02. The maximum Gasteiger partial charge on any atom is 0.193 e. The minimum Gasteiger partial charge on any atom is -0.497 e. The van der Waals surface area contributed by atoms with E-state index in [0.29, 0.717) is 28.0 Å². The van der Waals surface area contributed by atoms with Crippen LogP contribution in [0.5, 0.6) is 11.5 Å². The molecule has 0 N–H and O–H groups in total. The summed E-state index contributed by atoms with van der Waals surface area (Å²) in [5.74, 6) is 1.34. The standard InChI is InChI=1S/C23H17FO4/c1-26-17-8-6-15(7-9-17)23-13-21(25)19-12-18(10-11-22(19)28-23)27-14-16-4-2-3-5-20(16)24/h2-13H,14H2,1H3. The molecular formula is C23H17FO4. The van der Waals surface area contributed by atoms with Gasteiger partial charge in [-0.05, 0) is 48.5 Å². The molecule has 4 nitrogen and oxygen atoms in total. The van der Waals surface area contributed by atoms with E-state index in [0.717, 1.165) is 11.3 Å². The molecule has 0 amide bonds. The van der Waals surface area contributed by atoms with Crippen LogP contribution in [-0.4, -0.2) is 7.11 Å². The van der Waals surface area contributed by atoms with Crippen molar-refractivity contribution in [2.75, 3.05) is 7.11 Å². The predicted octanol–water partition coefficient (Wildman–Crippen LogP) is 5.19. The minimum absolute atomic E-state index is 0.0768. The van der Waals surface area contributed by atoms with Crippen LogP contribution >= 0.6 is 0 Å². The topological polar surface area (TPSA) is 48.7 Å². The van der Waals surface area contributed by atoms with Crippen molar-refractivity contribution in [3.8, 4) is 22.8 Å². The van der Waals surface area contributed by atoms with E-state index in [9.17, 15) is 9.18 Å². The van der Waals surface area contributed by atoms with Gasteiger partial charge >= 0.3 is 0 Å². The molecule has 1 aromatic heterocycles. The Morgan fingerprint density at radius 2 is 1.68 bits per heavy atom. The Labute approximate surface area is 160 Å². The van der Waals surface area contributed by atoms with E-state index >= 15 is 0 Å². The first-order chi connectivity index (χ1) is 13.6. The maximum absolute atomic E-state index is 13.7. The van der Waals surface area contributed by atoms with E-state index in [4.69, 9.17) is 13.9 Å². The fraction of sp³-hybridized carbons (Fsp3) is 0.0870. The average Bonchev–Trinajstić information content (AvgIpc) is 2.73. The highest BCUT2D eigenvalue weighted by Crippen LogP contribution is 2.26. The summed E-state index contributed by atoms with van der Waals surface area (Å²) in [6.07, 6.45) is 0. The molecule has 28 heavy (non-hydrogen) atoms. The molecule has 0 spiro atoms. The normalized spacial score (nSPS) is 10.8. The largest absolute Gasteiger partial charge is 0.497 e. The van der Waals surface area contributed by atoms with Gasteiger partial charge in [0.05, 0.1) is 12.5 Å². The van der Waals surface area contributed by atoms with E-state index in [1.54, 1.807) is 55.6 Å². The average molecular weight is 376 g/mol. The molecule has 140 valence electrons. The second kappa shape index (κ2) is 7.56. The van der Waals surface area contributed by atoms with Crippen molar-refractivity contribution < 1.29 is 18.3 Å². The van der Waals surface area contributed by atoms with Gasteiger partial charge in [0.15, 0.2) is 5.43 Å². The van der Waals surface area contributed by atoms with Crippen LogP contribution in [0.1, 0.15) is 5.56 Å².